The van der Waals surface area contributed by atoms with Crippen molar-refractivity contribution in [2.24, 2.45) is 0 Å². The number of carbonyl (C=O) groups is 1. The van der Waals surface area contributed by atoms with E-state index >= 15 is 0 Å². The second kappa shape index (κ2) is 6.03. The number of aromatic nitrogens is 2. The molecular weight excluding hydrogens is 270 g/mol. The molecule has 0 bridgehead atoms. The number of likely N-dealkylation sites (tertiary alicyclic amines) is 1. The summed E-state index contributed by atoms with van der Waals surface area (Å²) in [5.74, 6) is -0.0563. The lowest BCUT2D eigenvalue weighted by molar-refractivity contribution is 0.0185. The van der Waals surface area contributed by atoms with E-state index in [2.05, 4.69) is 15.1 Å². The highest BCUT2D eigenvalue weighted by molar-refractivity contribution is 5.97. The van der Waals surface area contributed by atoms with Crippen LogP contribution in [0.15, 0.2) is 0 Å². The van der Waals surface area contributed by atoms with Crippen LogP contribution in [0.25, 0.3) is 0 Å². The Kier molecular flexibility index (Phi) is 4.12. The molecule has 3 N–H and O–H groups in total. The third-order valence-electron chi connectivity index (χ3n) is 4.45. The molecule has 0 radical (unpaired) electrons. The number of aryl methyl sites for hydroxylation is 1. The van der Waals surface area contributed by atoms with E-state index in [1.165, 1.54) is 0 Å². The summed E-state index contributed by atoms with van der Waals surface area (Å²) in [5.41, 5.74) is 7.69. The van der Waals surface area contributed by atoms with E-state index in [0.717, 1.165) is 57.9 Å². The van der Waals surface area contributed by atoms with E-state index in [0.29, 0.717) is 17.4 Å². The van der Waals surface area contributed by atoms with Gasteiger partial charge in [0.2, 0.25) is 0 Å². The minimum Gasteiger partial charge on any atom is -0.395 e. The lowest BCUT2D eigenvalue weighted by Crippen LogP contribution is -2.45. The molecule has 0 aliphatic carbocycles. The van der Waals surface area contributed by atoms with Gasteiger partial charge in [0, 0.05) is 32.2 Å². The number of H-pyrrole nitrogens is 1. The van der Waals surface area contributed by atoms with Crippen molar-refractivity contribution >= 4 is 11.6 Å². The number of hydrogen-bond acceptors (Lipinski definition) is 5. The van der Waals surface area contributed by atoms with Crippen LogP contribution in [0, 0.1) is 0 Å². The van der Waals surface area contributed by atoms with Crippen molar-refractivity contribution in [2.45, 2.75) is 25.8 Å². The third-order valence-corrected chi connectivity index (χ3v) is 4.45. The monoisotopic (exact) mass is 293 g/mol. The summed E-state index contributed by atoms with van der Waals surface area (Å²) in [6.07, 6.45) is 1.76. The molecule has 0 aromatic carbocycles. The van der Waals surface area contributed by atoms with Crippen LogP contribution in [0.5, 0.6) is 0 Å². The first-order valence-corrected chi connectivity index (χ1v) is 7.64. The molecule has 1 aromatic heterocycles. The number of nitrogens with zero attached hydrogens (tertiary/aromatic N) is 3. The Balaban J connectivity index is 1.65. The van der Waals surface area contributed by atoms with E-state index in [1.54, 1.807) is 0 Å². The molecule has 2 aliphatic rings. The lowest BCUT2D eigenvalue weighted by Gasteiger charge is -2.32. The van der Waals surface area contributed by atoms with E-state index in [9.17, 15) is 4.79 Å². The topological polar surface area (TPSA) is 87.5 Å². The molecule has 1 amide bonds. The van der Waals surface area contributed by atoms with E-state index < -0.39 is 0 Å². The van der Waals surface area contributed by atoms with Gasteiger partial charge in [-0.15, -0.1) is 0 Å². The largest absolute Gasteiger partial charge is 0.395 e. The third kappa shape index (κ3) is 2.75. The molecule has 3 rings (SSSR count). The van der Waals surface area contributed by atoms with Gasteiger partial charge in [-0.25, -0.2) is 0 Å². The molecule has 3 heterocycles. The van der Waals surface area contributed by atoms with Crippen LogP contribution in [-0.2, 0) is 11.2 Å². The predicted molar refractivity (Wildman–Crippen MR) is 79.1 cm³/mol. The number of ether oxygens (including phenoxy) is 1. The standard InChI is InChI=1S/C14H23N5O2/c1-2-11-12(15)13(17-16-11)14(20)19-4-3-10(9-19)18-5-7-21-8-6-18/h10H,2-9,15H2,1H3,(H,16,17). The van der Waals surface area contributed by atoms with Crippen molar-refractivity contribution < 1.29 is 9.53 Å². The molecule has 21 heavy (non-hydrogen) atoms. The Hall–Kier alpha value is -1.60. The normalized spacial score (nSPS) is 23.7. The van der Waals surface area contributed by atoms with E-state index in [4.69, 9.17) is 10.5 Å². The van der Waals surface area contributed by atoms with Crippen molar-refractivity contribution in [1.82, 2.24) is 20.0 Å². The van der Waals surface area contributed by atoms with Crippen LogP contribution < -0.4 is 5.73 Å². The van der Waals surface area contributed by atoms with E-state index in [-0.39, 0.29) is 5.91 Å². The zero-order chi connectivity index (χ0) is 14.8. The SMILES string of the molecule is CCc1[nH]nc(C(=O)N2CCC(N3CCOCC3)C2)c1N. The van der Waals surface area contributed by atoms with Crippen LogP contribution in [0.1, 0.15) is 29.5 Å². The summed E-state index contributed by atoms with van der Waals surface area (Å²) in [4.78, 5) is 16.8. The highest BCUT2D eigenvalue weighted by Crippen LogP contribution is 2.22. The molecule has 1 atom stereocenters. The van der Waals surface area contributed by atoms with Gasteiger partial charge in [0.25, 0.3) is 5.91 Å². The number of amides is 1. The van der Waals surface area contributed by atoms with Gasteiger partial charge in [-0.1, -0.05) is 6.92 Å². The van der Waals surface area contributed by atoms with Gasteiger partial charge in [0.05, 0.1) is 24.6 Å². The highest BCUT2D eigenvalue weighted by atomic mass is 16.5. The Bertz CT molecular complexity index is 509. The first-order valence-electron chi connectivity index (χ1n) is 7.64. The predicted octanol–water partition coefficient (Wildman–Crippen LogP) is 0.101. The number of nitrogens with two attached hydrogens (primary N) is 1. The first kappa shape index (κ1) is 14.3. The Labute approximate surface area is 124 Å². The molecule has 0 saturated carbocycles. The molecule has 1 aromatic rings. The van der Waals surface area contributed by atoms with Gasteiger partial charge in [0.1, 0.15) is 0 Å². The maximum absolute atomic E-state index is 12.5. The molecule has 2 fully saturated rings. The summed E-state index contributed by atoms with van der Waals surface area (Å²) in [6, 6.07) is 0.434. The highest BCUT2D eigenvalue weighted by Gasteiger charge is 2.33. The minimum absolute atomic E-state index is 0.0563. The average molecular weight is 293 g/mol. The van der Waals surface area contributed by atoms with Crippen LogP contribution in [0.2, 0.25) is 0 Å². The smallest absolute Gasteiger partial charge is 0.276 e. The molecule has 7 nitrogen and oxygen atoms in total. The fourth-order valence-electron chi connectivity index (χ4n) is 3.14. The lowest BCUT2D eigenvalue weighted by atomic mass is 10.2. The number of carbonyl (C=O) groups excluding carboxylic acids is 1. The van der Waals surface area contributed by atoms with Crippen molar-refractivity contribution in [3.8, 4) is 0 Å². The molecule has 2 saturated heterocycles. The van der Waals surface area contributed by atoms with Crippen LogP contribution in [-0.4, -0.2) is 71.3 Å². The second-order valence-corrected chi connectivity index (χ2v) is 5.66. The number of aromatic amines is 1. The summed E-state index contributed by atoms with van der Waals surface area (Å²) < 4.78 is 5.38. The number of rotatable bonds is 3. The Morgan fingerprint density at radius 2 is 2.19 bits per heavy atom. The number of nitrogen functional groups attached to an aromatic ring is 1. The maximum atomic E-state index is 12.5. The molecular formula is C14H23N5O2. The van der Waals surface area contributed by atoms with Gasteiger partial charge >= 0.3 is 0 Å². The minimum atomic E-state index is -0.0563. The zero-order valence-electron chi connectivity index (χ0n) is 12.5. The number of nitrogens with one attached hydrogen (secondary N) is 1. The van der Waals surface area contributed by atoms with Gasteiger partial charge in [0.15, 0.2) is 5.69 Å². The summed E-state index contributed by atoms with van der Waals surface area (Å²) in [6.45, 7) is 7.01. The number of anilines is 1. The molecule has 116 valence electrons. The summed E-state index contributed by atoms with van der Waals surface area (Å²) >= 11 is 0. The summed E-state index contributed by atoms with van der Waals surface area (Å²) in [7, 11) is 0. The molecule has 2 aliphatic heterocycles. The maximum Gasteiger partial charge on any atom is 0.276 e. The number of hydrogen-bond donors (Lipinski definition) is 2. The van der Waals surface area contributed by atoms with Crippen LogP contribution in [0.4, 0.5) is 5.69 Å². The van der Waals surface area contributed by atoms with Crippen LogP contribution >= 0.6 is 0 Å². The quantitative estimate of drug-likeness (QED) is 0.825. The fraction of sp³-hybridized carbons (Fsp3) is 0.714. The van der Waals surface area contributed by atoms with Gasteiger partial charge < -0.3 is 15.4 Å². The number of morpholine rings is 1. The average Bonchev–Trinajstić information content (AvgIpc) is 3.14. The van der Waals surface area contributed by atoms with Crippen molar-refractivity contribution in [2.75, 3.05) is 45.1 Å². The van der Waals surface area contributed by atoms with Crippen molar-refractivity contribution in [3.05, 3.63) is 11.4 Å². The first-order chi connectivity index (χ1) is 10.2. The summed E-state index contributed by atoms with van der Waals surface area (Å²) in [5, 5.41) is 6.95. The van der Waals surface area contributed by atoms with Gasteiger partial charge in [-0.05, 0) is 12.8 Å². The molecule has 0 spiro atoms. The zero-order valence-corrected chi connectivity index (χ0v) is 12.5. The molecule has 1 unspecified atom stereocenters. The van der Waals surface area contributed by atoms with E-state index in [1.807, 2.05) is 11.8 Å². The Morgan fingerprint density at radius 3 is 2.86 bits per heavy atom. The fourth-order valence-corrected chi connectivity index (χ4v) is 3.14. The van der Waals surface area contributed by atoms with Gasteiger partial charge in [-0.2, -0.15) is 5.10 Å². The van der Waals surface area contributed by atoms with Crippen molar-refractivity contribution in [3.63, 3.8) is 0 Å². The van der Waals surface area contributed by atoms with Crippen molar-refractivity contribution in [1.29, 1.82) is 0 Å². The Morgan fingerprint density at radius 1 is 1.43 bits per heavy atom. The molecule has 7 heteroatoms. The van der Waals surface area contributed by atoms with Crippen LogP contribution in [0.3, 0.4) is 0 Å². The van der Waals surface area contributed by atoms with Gasteiger partial charge in [-0.3, -0.25) is 14.8 Å². The second-order valence-electron chi connectivity index (χ2n) is 5.66.